The van der Waals surface area contributed by atoms with E-state index in [9.17, 15) is 19.5 Å². The van der Waals surface area contributed by atoms with Gasteiger partial charge in [0.25, 0.3) is 11.8 Å². The second kappa shape index (κ2) is 7.79. The second-order valence-corrected chi connectivity index (χ2v) is 7.53. The van der Waals surface area contributed by atoms with E-state index in [1.165, 1.54) is 23.5 Å². The van der Waals surface area contributed by atoms with Gasteiger partial charge in [0.05, 0.1) is 5.56 Å². The monoisotopic (exact) mass is 388 g/mol. The van der Waals surface area contributed by atoms with Crippen molar-refractivity contribution >= 4 is 34.1 Å². The summed E-state index contributed by atoms with van der Waals surface area (Å²) in [6.07, 6.45) is 3.64. The van der Waals surface area contributed by atoms with E-state index in [0.717, 1.165) is 41.7 Å². The second-order valence-electron chi connectivity index (χ2n) is 6.42. The van der Waals surface area contributed by atoms with Gasteiger partial charge in [-0.3, -0.25) is 9.59 Å². The average Bonchev–Trinajstić information content (AvgIpc) is 2.99. The molecule has 0 radical (unpaired) electrons. The first-order valence-corrected chi connectivity index (χ1v) is 9.39. The summed E-state index contributed by atoms with van der Waals surface area (Å²) in [4.78, 5) is 37.1. The van der Waals surface area contributed by atoms with Gasteiger partial charge < -0.3 is 20.9 Å². The Morgan fingerprint density at radius 1 is 1.26 bits per heavy atom. The van der Waals surface area contributed by atoms with Crippen molar-refractivity contribution in [3.05, 3.63) is 45.3 Å². The van der Waals surface area contributed by atoms with Crippen LogP contribution in [0.4, 0.5) is 5.00 Å². The Morgan fingerprint density at radius 2 is 2.00 bits per heavy atom. The third-order valence-electron chi connectivity index (χ3n) is 4.38. The molecule has 0 fully saturated rings. The number of hydrogen-bond acceptors (Lipinski definition) is 6. The number of benzene rings is 1. The van der Waals surface area contributed by atoms with Gasteiger partial charge in [-0.25, -0.2) is 4.79 Å². The molecule has 0 atom stereocenters. The lowest BCUT2D eigenvalue weighted by molar-refractivity contribution is -0.119. The minimum Gasteiger partial charge on any atom is -0.507 e. The Balaban J connectivity index is 1.68. The molecule has 142 valence electrons. The molecule has 1 aromatic carbocycles. The maximum absolute atomic E-state index is 12.2. The van der Waals surface area contributed by atoms with Crippen molar-refractivity contribution in [2.45, 2.75) is 32.6 Å². The molecule has 0 saturated heterocycles. The summed E-state index contributed by atoms with van der Waals surface area (Å²) in [5.74, 6) is -2.16. The van der Waals surface area contributed by atoms with E-state index in [0.29, 0.717) is 10.6 Å². The molecule has 1 heterocycles. The summed E-state index contributed by atoms with van der Waals surface area (Å²) in [5, 5.41) is 12.8. The van der Waals surface area contributed by atoms with Crippen molar-refractivity contribution in [3.8, 4) is 5.75 Å². The third kappa shape index (κ3) is 4.11. The summed E-state index contributed by atoms with van der Waals surface area (Å²) < 4.78 is 4.98. The van der Waals surface area contributed by atoms with Crippen LogP contribution >= 0.6 is 11.3 Å². The van der Waals surface area contributed by atoms with Gasteiger partial charge in [-0.05, 0) is 50.3 Å². The number of esters is 1. The minimum absolute atomic E-state index is 0.00721. The summed E-state index contributed by atoms with van der Waals surface area (Å²) >= 11 is 1.34. The van der Waals surface area contributed by atoms with E-state index in [-0.39, 0.29) is 11.3 Å². The molecule has 0 saturated carbocycles. The lowest BCUT2D eigenvalue weighted by Gasteiger charge is -2.11. The Kier molecular flexibility index (Phi) is 5.46. The van der Waals surface area contributed by atoms with E-state index >= 15 is 0 Å². The molecule has 0 spiro atoms. The molecule has 0 bridgehead atoms. The van der Waals surface area contributed by atoms with Gasteiger partial charge in [0, 0.05) is 4.88 Å². The molecule has 27 heavy (non-hydrogen) atoms. The summed E-state index contributed by atoms with van der Waals surface area (Å²) in [6.45, 7) is 1.24. The Labute approximate surface area is 160 Å². The fourth-order valence-corrected chi connectivity index (χ4v) is 4.41. The lowest BCUT2D eigenvalue weighted by Crippen LogP contribution is -2.23. The number of rotatable bonds is 5. The largest absolute Gasteiger partial charge is 0.507 e. The lowest BCUT2D eigenvalue weighted by atomic mass is 9.95. The molecule has 0 unspecified atom stereocenters. The standard InChI is InChI=1S/C19H20N2O5S/c1-10-6-7-13(22)12(8-10)19(25)26-9-15(23)21-18-16(17(20)24)11-4-2-3-5-14(11)27-18/h6-8,22H,2-5,9H2,1H3,(H2,20,24)(H,21,23). The van der Waals surface area contributed by atoms with Crippen molar-refractivity contribution in [2.75, 3.05) is 11.9 Å². The van der Waals surface area contributed by atoms with Crippen LogP contribution in [0, 0.1) is 6.92 Å². The molecule has 2 amide bonds. The quantitative estimate of drug-likeness (QED) is 0.680. The van der Waals surface area contributed by atoms with E-state index in [1.54, 1.807) is 13.0 Å². The van der Waals surface area contributed by atoms with Crippen LogP contribution in [0.5, 0.6) is 5.75 Å². The number of phenols is 1. The van der Waals surface area contributed by atoms with E-state index in [4.69, 9.17) is 10.5 Å². The number of amides is 2. The molecule has 8 heteroatoms. The van der Waals surface area contributed by atoms with Gasteiger partial charge in [0.1, 0.15) is 16.3 Å². The molecular formula is C19H20N2O5S. The van der Waals surface area contributed by atoms with Crippen LogP contribution in [0.2, 0.25) is 0 Å². The van der Waals surface area contributed by atoms with Gasteiger partial charge in [-0.1, -0.05) is 11.6 Å². The number of primary amides is 1. The SMILES string of the molecule is Cc1ccc(O)c(C(=O)OCC(=O)Nc2sc3c(c2C(N)=O)CCCC3)c1. The smallest absolute Gasteiger partial charge is 0.342 e. The minimum atomic E-state index is -0.799. The maximum Gasteiger partial charge on any atom is 0.342 e. The molecule has 1 aliphatic rings. The summed E-state index contributed by atoms with van der Waals surface area (Å²) in [6, 6.07) is 4.53. The zero-order valence-electron chi connectivity index (χ0n) is 14.8. The molecule has 3 rings (SSSR count). The highest BCUT2D eigenvalue weighted by molar-refractivity contribution is 7.17. The topological polar surface area (TPSA) is 119 Å². The summed E-state index contributed by atoms with van der Waals surface area (Å²) in [7, 11) is 0. The predicted molar refractivity (Wildman–Crippen MR) is 101 cm³/mol. The number of ether oxygens (including phenoxy) is 1. The van der Waals surface area contributed by atoms with Crippen LogP contribution in [0.25, 0.3) is 0 Å². The molecule has 1 aliphatic carbocycles. The molecule has 7 nitrogen and oxygen atoms in total. The number of aromatic hydroxyl groups is 1. The van der Waals surface area contributed by atoms with Crippen molar-refractivity contribution in [1.82, 2.24) is 0 Å². The third-order valence-corrected chi connectivity index (χ3v) is 5.58. The normalized spacial score (nSPS) is 12.9. The number of anilines is 1. The predicted octanol–water partition coefficient (Wildman–Crippen LogP) is 2.54. The number of thiophene rings is 1. The van der Waals surface area contributed by atoms with Gasteiger partial charge in [0.2, 0.25) is 0 Å². The van der Waals surface area contributed by atoms with Gasteiger partial charge >= 0.3 is 5.97 Å². The molecule has 2 aromatic rings. The number of carbonyl (C=O) groups is 3. The molecule has 0 aliphatic heterocycles. The van der Waals surface area contributed by atoms with Crippen LogP contribution in [-0.4, -0.2) is 29.5 Å². The maximum atomic E-state index is 12.2. The van der Waals surface area contributed by atoms with Crippen LogP contribution in [0.3, 0.4) is 0 Å². The van der Waals surface area contributed by atoms with Crippen LogP contribution < -0.4 is 11.1 Å². The number of nitrogens with two attached hydrogens (primary N) is 1. The van der Waals surface area contributed by atoms with Crippen molar-refractivity contribution in [3.63, 3.8) is 0 Å². The zero-order valence-corrected chi connectivity index (χ0v) is 15.6. The number of fused-ring (bicyclic) bond motifs is 1. The van der Waals surface area contributed by atoms with E-state index in [2.05, 4.69) is 5.32 Å². The van der Waals surface area contributed by atoms with Gasteiger partial charge in [-0.15, -0.1) is 11.3 Å². The van der Waals surface area contributed by atoms with E-state index < -0.39 is 24.4 Å². The molecular weight excluding hydrogens is 368 g/mol. The number of aryl methyl sites for hydroxylation is 2. The van der Waals surface area contributed by atoms with Crippen LogP contribution in [0.15, 0.2) is 18.2 Å². The first kappa shape index (κ1) is 18.9. The fraction of sp³-hybridized carbons (Fsp3) is 0.316. The average molecular weight is 388 g/mol. The number of hydrogen-bond donors (Lipinski definition) is 3. The Morgan fingerprint density at radius 3 is 2.74 bits per heavy atom. The molecule has 4 N–H and O–H groups in total. The summed E-state index contributed by atoms with van der Waals surface area (Å²) in [5.41, 5.74) is 7.53. The Bertz CT molecular complexity index is 919. The fourth-order valence-electron chi connectivity index (χ4n) is 3.10. The van der Waals surface area contributed by atoms with Crippen molar-refractivity contribution < 1.29 is 24.2 Å². The first-order chi connectivity index (χ1) is 12.9. The highest BCUT2D eigenvalue weighted by Crippen LogP contribution is 2.37. The van der Waals surface area contributed by atoms with Gasteiger partial charge in [0.15, 0.2) is 6.61 Å². The first-order valence-electron chi connectivity index (χ1n) is 8.57. The van der Waals surface area contributed by atoms with Gasteiger partial charge in [-0.2, -0.15) is 0 Å². The van der Waals surface area contributed by atoms with E-state index in [1.807, 2.05) is 0 Å². The highest BCUT2D eigenvalue weighted by atomic mass is 32.1. The zero-order chi connectivity index (χ0) is 19.6. The van der Waals surface area contributed by atoms with Crippen molar-refractivity contribution in [1.29, 1.82) is 0 Å². The number of carbonyl (C=O) groups excluding carboxylic acids is 3. The number of phenolic OH excluding ortho intramolecular Hbond substituents is 1. The molecule has 1 aromatic heterocycles. The van der Waals surface area contributed by atoms with Crippen molar-refractivity contribution in [2.24, 2.45) is 5.73 Å². The Hall–Kier alpha value is -2.87. The van der Waals surface area contributed by atoms with Crippen LogP contribution in [0.1, 0.15) is 49.6 Å². The van der Waals surface area contributed by atoms with Crippen LogP contribution in [-0.2, 0) is 22.4 Å². The number of nitrogens with one attached hydrogen (secondary N) is 1. The highest BCUT2D eigenvalue weighted by Gasteiger charge is 2.25.